The normalized spacial score (nSPS) is 17.7. The Morgan fingerprint density at radius 2 is 2.00 bits per heavy atom. The van der Waals surface area contributed by atoms with Crippen LogP contribution in [0.1, 0.15) is 11.1 Å². The number of halogens is 2. The molecule has 0 fully saturated rings. The molecule has 1 unspecified atom stereocenters. The van der Waals surface area contributed by atoms with Gasteiger partial charge in [0.15, 0.2) is 0 Å². The van der Waals surface area contributed by atoms with Gasteiger partial charge >= 0.3 is 0 Å². The Hall–Kier alpha value is -1.55. The molecule has 1 aliphatic rings. The smallest absolute Gasteiger partial charge is 0.0740 e. The summed E-state index contributed by atoms with van der Waals surface area (Å²) in [6.45, 7) is 2.71. The van der Waals surface area contributed by atoms with E-state index in [1.54, 1.807) is 7.11 Å². The van der Waals surface area contributed by atoms with Crippen molar-refractivity contribution in [1.29, 1.82) is 0 Å². The van der Waals surface area contributed by atoms with Gasteiger partial charge in [0.25, 0.3) is 0 Å². The summed E-state index contributed by atoms with van der Waals surface area (Å²) < 4.78 is 5.26. The first kappa shape index (κ1) is 17.3. The third-order valence-electron chi connectivity index (χ3n) is 4.03. The zero-order valence-corrected chi connectivity index (χ0v) is 15.1. The van der Waals surface area contributed by atoms with Gasteiger partial charge in [0.05, 0.1) is 24.2 Å². The predicted octanol–water partition coefficient (Wildman–Crippen LogP) is 4.25. The second-order valence-corrected chi connectivity index (χ2v) is 6.81. The number of benzene rings is 2. The lowest BCUT2D eigenvalue weighted by Gasteiger charge is -2.31. The summed E-state index contributed by atoms with van der Waals surface area (Å²) in [4.78, 5) is 7.05. The van der Waals surface area contributed by atoms with E-state index in [0.29, 0.717) is 18.2 Å². The maximum absolute atomic E-state index is 6.50. The van der Waals surface area contributed by atoms with Crippen LogP contribution in [0.4, 0.5) is 5.69 Å². The van der Waals surface area contributed by atoms with Gasteiger partial charge < -0.3 is 9.64 Å². The molecule has 1 aliphatic heterocycles. The van der Waals surface area contributed by atoms with Crippen molar-refractivity contribution in [3.63, 3.8) is 0 Å². The van der Waals surface area contributed by atoms with Gasteiger partial charge in [-0.1, -0.05) is 41.9 Å². The fourth-order valence-electron chi connectivity index (χ4n) is 2.90. The van der Waals surface area contributed by atoms with Gasteiger partial charge in [0, 0.05) is 42.0 Å². The Kier molecular flexibility index (Phi) is 5.77. The van der Waals surface area contributed by atoms with Crippen LogP contribution < -0.4 is 4.90 Å². The lowest BCUT2D eigenvalue weighted by Crippen LogP contribution is -2.36. The second kappa shape index (κ2) is 8.02. The van der Waals surface area contributed by atoms with Gasteiger partial charge in [0.1, 0.15) is 0 Å². The first-order valence-corrected chi connectivity index (χ1v) is 8.78. The van der Waals surface area contributed by atoms with E-state index in [4.69, 9.17) is 32.9 Å². The van der Waals surface area contributed by atoms with E-state index in [-0.39, 0.29) is 5.38 Å². The van der Waals surface area contributed by atoms with E-state index in [9.17, 15) is 0 Å². The number of fused-ring (bicyclic) bond motifs is 1. The number of aliphatic imine (C=N–C) groups is 1. The molecule has 0 spiro atoms. The summed E-state index contributed by atoms with van der Waals surface area (Å²) in [6.07, 6.45) is 0. The van der Waals surface area contributed by atoms with E-state index in [1.807, 2.05) is 36.4 Å². The average molecular weight is 363 g/mol. The Bertz CT molecular complexity index is 719. The monoisotopic (exact) mass is 362 g/mol. The number of alkyl halides is 1. The van der Waals surface area contributed by atoms with Crippen molar-refractivity contribution in [2.24, 2.45) is 4.99 Å². The van der Waals surface area contributed by atoms with Crippen molar-refractivity contribution in [2.45, 2.75) is 5.38 Å². The van der Waals surface area contributed by atoms with E-state index in [1.165, 1.54) is 0 Å². The van der Waals surface area contributed by atoms with E-state index < -0.39 is 0 Å². The SMILES string of the molecule is COCCN1CC(Cl)CN=C(c2ccccc2)c2cc(Cl)ccc21. The van der Waals surface area contributed by atoms with Crippen LogP contribution in [0.3, 0.4) is 0 Å². The highest BCUT2D eigenvalue weighted by atomic mass is 35.5. The Morgan fingerprint density at radius 1 is 1.21 bits per heavy atom. The summed E-state index contributed by atoms with van der Waals surface area (Å²) in [7, 11) is 1.71. The standard InChI is InChI=1S/C19H20Cl2N2O/c1-24-10-9-23-13-16(21)12-22-19(14-5-3-2-4-6-14)17-11-15(20)7-8-18(17)23/h2-8,11,16H,9-10,12-13H2,1H3. The molecule has 2 aromatic carbocycles. The average Bonchev–Trinajstić information content (AvgIpc) is 2.59. The van der Waals surface area contributed by atoms with Gasteiger partial charge in [0.2, 0.25) is 0 Å². The summed E-state index contributed by atoms with van der Waals surface area (Å²) >= 11 is 12.8. The first-order chi connectivity index (χ1) is 11.7. The number of hydrogen-bond acceptors (Lipinski definition) is 3. The number of methoxy groups -OCH3 is 1. The van der Waals surface area contributed by atoms with Crippen LogP contribution in [0.2, 0.25) is 5.02 Å². The third-order valence-corrected chi connectivity index (χ3v) is 4.54. The lowest BCUT2D eigenvalue weighted by molar-refractivity contribution is 0.205. The van der Waals surface area contributed by atoms with Crippen LogP contribution in [0, 0.1) is 0 Å². The van der Waals surface area contributed by atoms with Crippen LogP contribution >= 0.6 is 23.2 Å². The highest BCUT2D eigenvalue weighted by Crippen LogP contribution is 2.29. The second-order valence-electron chi connectivity index (χ2n) is 5.75. The molecule has 0 saturated carbocycles. The lowest BCUT2D eigenvalue weighted by atomic mass is 9.99. The molecule has 1 heterocycles. The van der Waals surface area contributed by atoms with Gasteiger partial charge in [-0.05, 0) is 18.2 Å². The van der Waals surface area contributed by atoms with Crippen molar-refractivity contribution in [2.75, 3.05) is 38.3 Å². The molecule has 5 heteroatoms. The van der Waals surface area contributed by atoms with Crippen molar-refractivity contribution in [3.8, 4) is 0 Å². The summed E-state index contributed by atoms with van der Waals surface area (Å²) in [5, 5.41) is 0.650. The van der Waals surface area contributed by atoms with Crippen LogP contribution in [-0.4, -0.2) is 44.4 Å². The molecule has 2 aromatic rings. The minimum absolute atomic E-state index is 0.0515. The summed E-state index contributed by atoms with van der Waals surface area (Å²) in [5.74, 6) is 0. The van der Waals surface area contributed by atoms with Gasteiger partial charge in [-0.2, -0.15) is 0 Å². The molecule has 1 atom stereocenters. The fraction of sp³-hybridized carbons (Fsp3) is 0.316. The van der Waals surface area contributed by atoms with E-state index in [0.717, 1.165) is 35.6 Å². The number of ether oxygens (including phenoxy) is 1. The van der Waals surface area contributed by atoms with Crippen LogP contribution in [-0.2, 0) is 4.74 Å². The Morgan fingerprint density at radius 3 is 2.75 bits per heavy atom. The third kappa shape index (κ3) is 3.92. The van der Waals surface area contributed by atoms with E-state index in [2.05, 4.69) is 17.0 Å². The predicted molar refractivity (Wildman–Crippen MR) is 102 cm³/mol. The Balaban J connectivity index is 2.11. The molecule has 0 saturated heterocycles. The number of hydrogen-bond donors (Lipinski definition) is 0. The molecule has 3 nitrogen and oxygen atoms in total. The van der Waals surface area contributed by atoms with Crippen molar-refractivity contribution in [3.05, 3.63) is 64.7 Å². The van der Waals surface area contributed by atoms with Crippen molar-refractivity contribution < 1.29 is 4.74 Å². The summed E-state index contributed by atoms with van der Waals surface area (Å²) in [6, 6.07) is 16.1. The van der Waals surface area contributed by atoms with Crippen molar-refractivity contribution >= 4 is 34.6 Å². The fourth-order valence-corrected chi connectivity index (χ4v) is 3.31. The van der Waals surface area contributed by atoms with Crippen LogP contribution in [0.15, 0.2) is 53.5 Å². The maximum atomic E-state index is 6.50. The molecular weight excluding hydrogens is 343 g/mol. The molecule has 0 bridgehead atoms. The molecule has 0 aliphatic carbocycles. The number of anilines is 1. The molecule has 0 N–H and O–H groups in total. The minimum Gasteiger partial charge on any atom is -0.383 e. The molecule has 0 radical (unpaired) electrons. The molecule has 0 aromatic heterocycles. The topological polar surface area (TPSA) is 24.8 Å². The first-order valence-electron chi connectivity index (χ1n) is 7.97. The molecule has 126 valence electrons. The number of nitrogens with zero attached hydrogens (tertiary/aromatic N) is 2. The number of rotatable bonds is 4. The molecule has 24 heavy (non-hydrogen) atoms. The van der Waals surface area contributed by atoms with Crippen LogP contribution in [0.5, 0.6) is 0 Å². The maximum Gasteiger partial charge on any atom is 0.0740 e. The quantitative estimate of drug-likeness (QED) is 0.759. The van der Waals surface area contributed by atoms with Crippen LogP contribution in [0.25, 0.3) is 0 Å². The zero-order valence-electron chi connectivity index (χ0n) is 13.6. The van der Waals surface area contributed by atoms with Crippen molar-refractivity contribution in [1.82, 2.24) is 0 Å². The molecule has 3 rings (SSSR count). The zero-order chi connectivity index (χ0) is 16.9. The highest BCUT2D eigenvalue weighted by molar-refractivity contribution is 6.31. The van der Waals surface area contributed by atoms with E-state index >= 15 is 0 Å². The highest BCUT2D eigenvalue weighted by Gasteiger charge is 2.22. The molecular formula is C19H20Cl2N2O. The largest absolute Gasteiger partial charge is 0.383 e. The van der Waals surface area contributed by atoms with Gasteiger partial charge in [-0.3, -0.25) is 4.99 Å². The minimum atomic E-state index is -0.0515. The Labute approximate surface area is 152 Å². The summed E-state index contributed by atoms with van der Waals surface area (Å²) in [5.41, 5.74) is 4.12. The van der Waals surface area contributed by atoms with Gasteiger partial charge in [-0.25, -0.2) is 0 Å². The molecule has 0 amide bonds. The van der Waals surface area contributed by atoms with Gasteiger partial charge in [-0.15, -0.1) is 11.6 Å².